The van der Waals surface area contributed by atoms with Crippen LogP contribution in [0.4, 0.5) is 10.1 Å². The maximum absolute atomic E-state index is 14.0. The van der Waals surface area contributed by atoms with Gasteiger partial charge in [0.2, 0.25) is 18.9 Å². The van der Waals surface area contributed by atoms with Crippen molar-refractivity contribution in [1.29, 1.82) is 0 Å². The van der Waals surface area contributed by atoms with E-state index in [-0.39, 0.29) is 26.3 Å². The Morgan fingerprint density at radius 3 is 2.74 bits per heavy atom. The summed E-state index contributed by atoms with van der Waals surface area (Å²) >= 11 is 2.85. The Morgan fingerprint density at radius 2 is 2.03 bits per heavy atom. The van der Waals surface area contributed by atoms with Gasteiger partial charge in [0.25, 0.3) is 5.01 Å². The zero-order valence-electron chi connectivity index (χ0n) is 20.2. The van der Waals surface area contributed by atoms with Crippen LogP contribution in [0.15, 0.2) is 51.9 Å². The number of benzene rings is 2. The number of carbonyl (C=O) groups is 1. The van der Waals surface area contributed by atoms with Crippen LogP contribution >= 0.6 is 23.1 Å². The lowest BCUT2D eigenvalue weighted by molar-refractivity contribution is -0.657. The number of hydrogen-bond donors (Lipinski definition) is 1. The summed E-state index contributed by atoms with van der Waals surface area (Å²) in [5, 5.41) is 11.0. The first-order valence-electron chi connectivity index (χ1n) is 11.7. The molecule has 0 saturated heterocycles. The van der Waals surface area contributed by atoms with Crippen molar-refractivity contribution < 1.29 is 41.3 Å². The summed E-state index contributed by atoms with van der Waals surface area (Å²) in [5.41, 5.74) is 2.21. The molecule has 0 spiro atoms. The summed E-state index contributed by atoms with van der Waals surface area (Å²) in [7, 11) is -4.37. The van der Waals surface area contributed by atoms with Crippen LogP contribution in [0.1, 0.15) is 24.8 Å². The topological polar surface area (TPSA) is 120 Å². The van der Waals surface area contributed by atoms with Gasteiger partial charge in [-0.15, -0.1) is 0 Å². The number of anilines is 1. The second-order valence-corrected chi connectivity index (χ2v) is 12.3. The molecular weight excluding hydrogens is 555 g/mol. The molecule has 38 heavy (non-hydrogen) atoms. The van der Waals surface area contributed by atoms with Gasteiger partial charge in [0.1, 0.15) is 10.5 Å². The summed E-state index contributed by atoms with van der Waals surface area (Å²) in [5.74, 6) is -0.750. The minimum atomic E-state index is -4.37. The van der Waals surface area contributed by atoms with Crippen LogP contribution in [0.5, 0.6) is 11.5 Å². The Labute approximate surface area is 226 Å². The number of halogens is 1. The average molecular weight is 579 g/mol. The Kier molecular flexibility index (Phi) is 7.36. The number of aromatic nitrogens is 1. The maximum Gasteiger partial charge on any atom is 0.370 e. The molecule has 9 nitrogen and oxygen atoms in total. The molecule has 2 aromatic carbocycles. The summed E-state index contributed by atoms with van der Waals surface area (Å²) in [6, 6.07) is 8.04. The van der Waals surface area contributed by atoms with Gasteiger partial charge in [0.05, 0.1) is 26.9 Å². The van der Waals surface area contributed by atoms with Crippen molar-refractivity contribution in [2.75, 3.05) is 24.0 Å². The van der Waals surface area contributed by atoms with Crippen LogP contribution < -0.4 is 18.9 Å². The largest absolute Gasteiger partial charge is 0.748 e. The summed E-state index contributed by atoms with van der Waals surface area (Å²) in [4.78, 5) is 14.3. The van der Waals surface area contributed by atoms with Crippen LogP contribution in [-0.4, -0.2) is 43.1 Å². The van der Waals surface area contributed by atoms with Gasteiger partial charge in [-0.1, -0.05) is 30.0 Å². The molecule has 3 aromatic rings. The molecule has 0 aliphatic carbocycles. The Balaban J connectivity index is 1.53. The van der Waals surface area contributed by atoms with Gasteiger partial charge in [0, 0.05) is 29.3 Å². The highest BCUT2D eigenvalue weighted by atomic mass is 32.2. The molecule has 13 heteroatoms. The van der Waals surface area contributed by atoms with Crippen LogP contribution in [0, 0.1) is 5.82 Å². The van der Waals surface area contributed by atoms with E-state index < -0.39 is 27.7 Å². The highest BCUT2D eigenvalue weighted by Crippen LogP contribution is 2.47. The summed E-state index contributed by atoms with van der Waals surface area (Å²) < 4.78 is 61.0. The number of allylic oxidation sites excluding steroid dienone is 2. The van der Waals surface area contributed by atoms with E-state index in [1.165, 1.54) is 35.2 Å². The summed E-state index contributed by atoms with van der Waals surface area (Å²) in [6.45, 7) is 2.07. The Hall–Kier alpha value is -3.13. The van der Waals surface area contributed by atoms with Gasteiger partial charge in [0.15, 0.2) is 11.5 Å². The number of ether oxygens (including phenoxy) is 2. The van der Waals surface area contributed by atoms with E-state index in [2.05, 4.69) is 0 Å². The van der Waals surface area contributed by atoms with E-state index in [1.807, 2.05) is 30.0 Å². The van der Waals surface area contributed by atoms with Gasteiger partial charge in [-0.3, -0.25) is 0 Å². The number of carboxylic acid groups (broad SMARTS) is 1. The summed E-state index contributed by atoms with van der Waals surface area (Å²) in [6.07, 6.45) is 4.55. The third-order valence-electron chi connectivity index (χ3n) is 6.01. The number of aliphatic carboxylic acids is 1. The maximum atomic E-state index is 14.0. The predicted molar refractivity (Wildman–Crippen MR) is 141 cm³/mol. The molecule has 0 fully saturated rings. The third-order valence-corrected chi connectivity index (χ3v) is 9.01. The molecule has 1 aromatic heterocycles. The number of nitrogens with zero attached hydrogens (tertiary/aromatic N) is 2. The molecule has 1 N–H and O–H groups in total. The standard InChI is InChI=1S/C25H23FN2O7S3/c1-2-15(8-23-27(6-3-7-38(31,32)33)17-10-16(26)4-5-21(17)36-23)9-24-28(13-25(29)30)18-11-19-20(35-14-34-19)12-22(18)37-24/h4-5,8-12H,2-3,6-7,13-14H2,1H3,(H-,29,30,31,32,33). The van der Waals surface area contributed by atoms with Gasteiger partial charge in [-0.05, 0) is 42.7 Å². The van der Waals surface area contributed by atoms with Gasteiger partial charge < -0.3 is 24.0 Å². The van der Waals surface area contributed by atoms with Crippen molar-refractivity contribution in [3.63, 3.8) is 0 Å². The second kappa shape index (κ2) is 10.6. The van der Waals surface area contributed by atoms with Crippen LogP contribution in [0.25, 0.3) is 16.3 Å². The van der Waals surface area contributed by atoms with Crippen molar-refractivity contribution in [2.45, 2.75) is 31.2 Å². The van der Waals surface area contributed by atoms with Crippen LogP contribution in [0.3, 0.4) is 0 Å². The molecule has 2 aliphatic heterocycles. The molecule has 2 aliphatic rings. The number of thiazole rings is 1. The molecule has 5 rings (SSSR count). The highest BCUT2D eigenvalue weighted by molar-refractivity contribution is 8.03. The highest BCUT2D eigenvalue weighted by Gasteiger charge is 2.28. The third kappa shape index (κ3) is 5.65. The number of thioether (sulfide) groups is 1. The fraction of sp³-hybridized carbons (Fsp3) is 0.280. The number of rotatable bonds is 9. The zero-order valence-corrected chi connectivity index (χ0v) is 22.6. The lowest BCUT2D eigenvalue weighted by Crippen LogP contribution is -2.39. The molecule has 0 saturated carbocycles. The first kappa shape index (κ1) is 26.5. The predicted octanol–water partition coefficient (Wildman–Crippen LogP) is 4.32. The molecular formula is C25H23FN2O7S3. The SMILES string of the molecule is CCC(=Cc1sc2cc3c(cc2[n+]1CC(=O)O)OCO3)C=C1Sc2ccc(F)cc2N1CCCS(=O)(=O)[O-]. The molecule has 0 atom stereocenters. The lowest BCUT2D eigenvalue weighted by atomic mass is 10.2. The van der Waals surface area contributed by atoms with Crippen molar-refractivity contribution in [2.24, 2.45) is 0 Å². The molecule has 200 valence electrons. The van der Waals surface area contributed by atoms with E-state index in [1.54, 1.807) is 16.7 Å². The minimum Gasteiger partial charge on any atom is -0.748 e. The molecule has 0 radical (unpaired) electrons. The van der Waals surface area contributed by atoms with Crippen molar-refractivity contribution in [1.82, 2.24) is 0 Å². The fourth-order valence-electron chi connectivity index (χ4n) is 4.27. The average Bonchev–Trinajstić information content (AvgIpc) is 3.52. The molecule has 3 heterocycles. The second-order valence-electron chi connectivity index (χ2n) is 8.63. The normalized spacial score (nSPS) is 16.0. The van der Waals surface area contributed by atoms with Gasteiger partial charge >= 0.3 is 5.97 Å². The van der Waals surface area contributed by atoms with Crippen LogP contribution in [-0.2, 0) is 21.5 Å². The van der Waals surface area contributed by atoms with E-state index in [4.69, 9.17) is 9.47 Å². The monoisotopic (exact) mass is 578 g/mol. The minimum absolute atomic E-state index is 0.0919. The smallest absolute Gasteiger partial charge is 0.370 e. The first-order chi connectivity index (χ1) is 18.1. The number of fused-ring (bicyclic) bond motifs is 3. The quantitative estimate of drug-likeness (QED) is 0.292. The fourth-order valence-corrected chi connectivity index (χ4v) is 7.05. The van der Waals surface area contributed by atoms with Crippen molar-refractivity contribution >= 4 is 61.2 Å². The lowest BCUT2D eigenvalue weighted by Gasteiger charge is -2.21. The van der Waals surface area contributed by atoms with E-state index in [0.29, 0.717) is 23.6 Å². The van der Waals surface area contributed by atoms with E-state index >= 15 is 0 Å². The Morgan fingerprint density at radius 1 is 1.26 bits per heavy atom. The van der Waals surface area contributed by atoms with Crippen molar-refractivity contribution in [3.8, 4) is 11.5 Å². The van der Waals surface area contributed by atoms with E-state index in [9.17, 15) is 27.3 Å². The molecule has 0 bridgehead atoms. The number of hydrogen-bond acceptors (Lipinski definition) is 9. The molecule has 0 unspecified atom stereocenters. The van der Waals surface area contributed by atoms with Gasteiger partial charge in [-0.25, -0.2) is 17.6 Å². The zero-order chi connectivity index (χ0) is 27.0. The van der Waals surface area contributed by atoms with E-state index in [0.717, 1.165) is 30.7 Å². The van der Waals surface area contributed by atoms with Crippen molar-refractivity contribution in [3.05, 3.63) is 57.8 Å². The molecule has 0 amide bonds. The Bertz CT molecular complexity index is 1600. The van der Waals surface area contributed by atoms with Crippen LogP contribution in [0.2, 0.25) is 0 Å². The number of carboxylic acids is 1. The first-order valence-corrected chi connectivity index (χ1v) is 14.9. The van der Waals surface area contributed by atoms with Gasteiger partial charge in [-0.2, -0.15) is 4.57 Å².